The Labute approximate surface area is 110 Å². The van der Waals surface area contributed by atoms with Crippen molar-refractivity contribution in [2.75, 3.05) is 0 Å². The summed E-state index contributed by atoms with van der Waals surface area (Å²) in [5.41, 5.74) is 1.27. The Morgan fingerprint density at radius 3 is 2.83 bits per heavy atom. The van der Waals surface area contributed by atoms with Gasteiger partial charge < -0.3 is 5.32 Å². The van der Waals surface area contributed by atoms with Crippen molar-refractivity contribution in [3.05, 3.63) is 18.0 Å². The lowest BCUT2D eigenvalue weighted by atomic mass is 9.96. The summed E-state index contributed by atoms with van der Waals surface area (Å²) in [4.78, 5) is 0. The van der Waals surface area contributed by atoms with Gasteiger partial charge in [-0.2, -0.15) is 5.10 Å². The largest absolute Gasteiger partial charge is 0.311 e. The van der Waals surface area contributed by atoms with Crippen LogP contribution in [0.3, 0.4) is 0 Å². The smallest absolute Gasteiger partial charge is 0.0640 e. The third-order valence-corrected chi connectivity index (χ3v) is 4.53. The first-order chi connectivity index (χ1) is 8.81. The first kappa shape index (κ1) is 12.2. The third kappa shape index (κ3) is 2.77. The summed E-state index contributed by atoms with van der Waals surface area (Å²) in [6.07, 6.45) is 12.7. The van der Waals surface area contributed by atoms with Gasteiger partial charge in [0.2, 0.25) is 0 Å². The minimum absolute atomic E-state index is 0.640. The van der Waals surface area contributed by atoms with E-state index in [0.717, 1.165) is 6.42 Å². The van der Waals surface area contributed by atoms with Crippen LogP contribution in [0.5, 0.6) is 0 Å². The highest BCUT2D eigenvalue weighted by Crippen LogP contribution is 2.28. The van der Waals surface area contributed by atoms with Crippen molar-refractivity contribution in [3.63, 3.8) is 0 Å². The highest BCUT2D eigenvalue weighted by molar-refractivity contribution is 5.03. The van der Waals surface area contributed by atoms with Crippen LogP contribution in [0.25, 0.3) is 0 Å². The molecule has 2 heterocycles. The van der Waals surface area contributed by atoms with Gasteiger partial charge in [0.1, 0.15) is 0 Å². The predicted molar refractivity (Wildman–Crippen MR) is 73.7 cm³/mol. The zero-order valence-electron chi connectivity index (χ0n) is 11.4. The maximum Gasteiger partial charge on any atom is 0.0640 e. The number of nitrogens with one attached hydrogen (secondary N) is 1. The normalized spacial score (nSPS) is 29.8. The molecule has 0 bridgehead atoms. The minimum Gasteiger partial charge on any atom is -0.311 e. The monoisotopic (exact) mass is 247 g/mol. The van der Waals surface area contributed by atoms with Gasteiger partial charge in [0.05, 0.1) is 11.7 Å². The van der Waals surface area contributed by atoms with E-state index in [4.69, 9.17) is 5.10 Å². The van der Waals surface area contributed by atoms with E-state index in [1.54, 1.807) is 0 Å². The number of hydrogen-bond acceptors (Lipinski definition) is 2. The molecule has 2 unspecified atom stereocenters. The lowest BCUT2D eigenvalue weighted by molar-refractivity contribution is 0.330. The second kappa shape index (κ2) is 5.43. The van der Waals surface area contributed by atoms with Crippen LogP contribution in [0.4, 0.5) is 0 Å². The van der Waals surface area contributed by atoms with E-state index in [0.29, 0.717) is 18.1 Å². The maximum absolute atomic E-state index is 4.79. The molecule has 3 heteroatoms. The molecular formula is C15H25N3. The van der Waals surface area contributed by atoms with Crippen LogP contribution in [0.15, 0.2) is 12.3 Å². The molecular weight excluding hydrogens is 222 g/mol. The SMILES string of the molecule is CC1CCCC(Cc2ccn(C3CCCC3)n2)N1. The first-order valence-corrected chi connectivity index (χ1v) is 7.61. The summed E-state index contributed by atoms with van der Waals surface area (Å²) in [7, 11) is 0. The highest BCUT2D eigenvalue weighted by atomic mass is 15.3. The fraction of sp³-hybridized carbons (Fsp3) is 0.800. The van der Waals surface area contributed by atoms with E-state index in [2.05, 4.69) is 29.2 Å². The molecule has 3 nitrogen and oxygen atoms in total. The van der Waals surface area contributed by atoms with Crippen molar-refractivity contribution in [3.8, 4) is 0 Å². The summed E-state index contributed by atoms with van der Waals surface area (Å²) in [6.45, 7) is 2.29. The Morgan fingerprint density at radius 2 is 2.06 bits per heavy atom. The lowest BCUT2D eigenvalue weighted by Gasteiger charge is -2.28. The minimum atomic E-state index is 0.640. The van der Waals surface area contributed by atoms with Crippen LogP contribution in [-0.4, -0.2) is 21.9 Å². The van der Waals surface area contributed by atoms with Crippen molar-refractivity contribution in [2.24, 2.45) is 0 Å². The molecule has 18 heavy (non-hydrogen) atoms. The zero-order chi connectivity index (χ0) is 12.4. The van der Waals surface area contributed by atoms with Crippen LogP contribution >= 0.6 is 0 Å². The lowest BCUT2D eigenvalue weighted by Crippen LogP contribution is -2.41. The molecule has 100 valence electrons. The number of piperidine rings is 1. The van der Waals surface area contributed by atoms with Gasteiger partial charge in [-0.3, -0.25) is 4.68 Å². The Bertz CT molecular complexity index is 379. The molecule has 2 atom stereocenters. The van der Waals surface area contributed by atoms with Crippen LogP contribution in [0.2, 0.25) is 0 Å². The van der Waals surface area contributed by atoms with Crippen LogP contribution in [0, 0.1) is 0 Å². The molecule has 1 aromatic heterocycles. The molecule has 1 N–H and O–H groups in total. The van der Waals surface area contributed by atoms with E-state index in [9.17, 15) is 0 Å². The van der Waals surface area contributed by atoms with E-state index >= 15 is 0 Å². The summed E-state index contributed by atoms with van der Waals surface area (Å²) in [6, 6.07) is 4.22. The average molecular weight is 247 g/mol. The second-order valence-corrected chi connectivity index (χ2v) is 6.13. The summed E-state index contributed by atoms with van der Waals surface area (Å²) >= 11 is 0. The van der Waals surface area contributed by atoms with Gasteiger partial charge in [-0.05, 0) is 38.7 Å². The van der Waals surface area contributed by atoms with Gasteiger partial charge in [0, 0.05) is 24.7 Å². The van der Waals surface area contributed by atoms with Crippen LogP contribution < -0.4 is 5.32 Å². The number of aromatic nitrogens is 2. The van der Waals surface area contributed by atoms with Crippen LogP contribution in [-0.2, 0) is 6.42 Å². The Balaban J connectivity index is 1.59. The van der Waals surface area contributed by atoms with E-state index in [1.807, 2.05) is 0 Å². The van der Waals surface area contributed by atoms with Crippen molar-refractivity contribution in [1.82, 2.24) is 15.1 Å². The summed E-state index contributed by atoms with van der Waals surface area (Å²) in [5.74, 6) is 0. The van der Waals surface area contributed by atoms with E-state index in [-0.39, 0.29) is 0 Å². The molecule has 0 aromatic carbocycles. The highest BCUT2D eigenvalue weighted by Gasteiger charge is 2.21. The Morgan fingerprint density at radius 1 is 1.22 bits per heavy atom. The third-order valence-electron chi connectivity index (χ3n) is 4.53. The Hall–Kier alpha value is -0.830. The van der Waals surface area contributed by atoms with Crippen LogP contribution in [0.1, 0.15) is 63.6 Å². The first-order valence-electron chi connectivity index (χ1n) is 7.61. The van der Waals surface area contributed by atoms with E-state index in [1.165, 1.54) is 50.6 Å². The standard InChI is InChI=1S/C15H25N3/c1-12-5-4-6-13(16-12)11-14-9-10-18(17-14)15-7-2-3-8-15/h9-10,12-13,15-16H,2-8,11H2,1H3. The summed E-state index contributed by atoms with van der Waals surface area (Å²) < 4.78 is 2.22. The molecule has 0 spiro atoms. The van der Waals surface area contributed by atoms with Crippen molar-refractivity contribution < 1.29 is 0 Å². The molecule has 0 amide bonds. The molecule has 1 aromatic rings. The second-order valence-electron chi connectivity index (χ2n) is 6.13. The molecule has 2 aliphatic rings. The number of rotatable bonds is 3. The molecule has 1 aliphatic heterocycles. The topological polar surface area (TPSA) is 29.9 Å². The zero-order valence-corrected chi connectivity index (χ0v) is 11.4. The Kier molecular flexibility index (Phi) is 3.69. The molecule has 2 fully saturated rings. The van der Waals surface area contributed by atoms with Gasteiger partial charge in [-0.1, -0.05) is 19.3 Å². The van der Waals surface area contributed by atoms with Gasteiger partial charge in [0.15, 0.2) is 0 Å². The molecule has 1 aliphatic carbocycles. The van der Waals surface area contributed by atoms with Crippen molar-refractivity contribution >= 4 is 0 Å². The number of nitrogens with zero attached hydrogens (tertiary/aromatic N) is 2. The average Bonchev–Trinajstić information content (AvgIpc) is 2.98. The maximum atomic E-state index is 4.79. The number of hydrogen-bond donors (Lipinski definition) is 1. The van der Waals surface area contributed by atoms with Gasteiger partial charge in [-0.25, -0.2) is 0 Å². The molecule has 1 saturated heterocycles. The summed E-state index contributed by atoms with van der Waals surface area (Å²) in [5, 5.41) is 8.48. The fourth-order valence-electron chi connectivity index (χ4n) is 3.51. The fourth-order valence-corrected chi connectivity index (χ4v) is 3.51. The van der Waals surface area contributed by atoms with Gasteiger partial charge in [0.25, 0.3) is 0 Å². The predicted octanol–water partition coefficient (Wildman–Crippen LogP) is 3.07. The van der Waals surface area contributed by atoms with Gasteiger partial charge in [-0.15, -0.1) is 0 Å². The van der Waals surface area contributed by atoms with Crippen molar-refractivity contribution in [2.45, 2.75) is 76.4 Å². The molecule has 1 saturated carbocycles. The van der Waals surface area contributed by atoms with Gasteiger partial charge >= 0.3 is 0 Å². The quantitative estimate of drug-likeness (QED) is 0.889. The van der Waals surface area contributed by atoms with Crippen molar-refractivity contribution in [1.29, 1.82) is 0 Å². The van der Waals surface area contributed by atoms with E-state index < -0.39 is 0 Å². The molecule has 0 radical (unpaired) electrons. The molecule has 3 rings (SSSR count).